The van der Waals surface area contributed by atoms with E-state index in [9.17, 15) is 37.6 Å². The Morgan fingerprint density at radius 1 is 1.13 bits per heavy atom. The van der Waals surface area contributed by atoms with Crippen LogP contribution in [0.25, 0.3) is 0 Å². The quantitative estimate of drug-likeness (QED) is 0.454. The Kier molecular flexibility index (Phi) is 5.86. The molecule has 12 heteroatoms. The van der Waals surface area contributed by atoms with Crippen molar-refractivity contribution in [1.82, 2.24) is 20.9 Å². The van der Waals surface area contributed by atoms with Gasteiger partial charge in [0.05, 0.1) is 6.07 Å². The lowest BCUT2D eigenvalue weighted by Gasteiger charge is -2.65. The number of piperidine rings is 1. The molecule has 6 fully saturated rings. The number of carbonyl (C=O) groups is 4. The molecule has 9 nitrogen and oxygen atoms in total. The van der Waals surface area contributed by atoms with Crippen LogP contribution in [0.15, 0.2) is 0 Å². The van der Waals surface area contributed by atoms with Crippen LogP contribution in [0.1, 0.15) is 59.8 Å². The van der Waals surface area contributed by atoms with E-state index in [-0.39, 0.29) is 36.1 Å². The molecule has 2 aliphatic heterocycles. The van der Waals surface area contributed by atoms with Gasteiger partial charge in [0.1, 0.15) is 18.1 Å². The third-order valence-corrected chi connectivity index (χ3v) is 9.82. The number of halogens is 3. The van der Waals surface area contributed by atoms with E-state index >= 15 is 0 Å². The monoisotopic (exact) mass is 537 g/mol. The third-order valence-electron chi connectivity index (χ3n) is 9.82. The van der Waals surface area contributed by atoms with Crippen LogP contribution >= 0.6 is 0 Å². The van der Waals surface area contributed by atoms with Gasteiger partial charge < -0.3 is 20.9 Å². The molecule has 6 aliphatic rings. The first-order valence-corrected chi connectivity index (χ1v) is 13.2. The molecular formula is C26H34F3N5O4. The van der Waals surface area contributed by atoms with Crippen LogP contribution in [0.4, 0.5) is 13.2 Å². The molecule has 38 heavy (non-hydrogen) atoms. The van der Waals surface area contributed by atoms with Crippen molar-refractivity contribution in [2.45, 2.75) is 89.6 Å². The van der Waals surface area contributed by atoms with Gasteiger partial charge in [-0.3, -0.25) is 19.2 Å². The fraction of sp³-hybridized carbons (Fsp3) is 0.808. The Morgan fingerprint density at radius 2 is 1.76 bits per heavy atom. The van der Waals surface area contributed by atoms with E-state index in [1.54, 1.807) is 0 Å². The Labute approximate surface area is 219 Å². The Hall–Kier alpha value is -2.84. The van der Waals surface area contributed by atoms with E-state index in [1.165, 1.54) is 4.90 Å². The summed E-state index contributed by atoms with van der Waals surface area (Å²) in [6.45, 7) is 7.90. The number of likely N-dealkylation sites (tertiary alicyclic amines) is 1. The predicted molar refractivity (Wildman–Crippen MR) is 127 cm³/mol. The average molecular weight is 538 g/mol. The molecule has 2 bridgehead atoms. The number of fused-ring (bicyclic) bond motifs is 1. The molecule has 6 atom stereocenters. The average Bonchev–Trinajstić information content (AvgIpc) is 3.02. The van der Waals surface area contributed by atoms with E-state index in [0.29, 0.717) is 31.6 Å². The van der Waals surface area contributed by atoms with E-state index in [2.05, 4.69) is 10.6 Å². The lowest BCUT2D eigenvalue weighted by molar-refractivity contribution is -0.187. The van der Waals surface area contributed by atoms with Crippen molar-refractivity contribution in [2.75, 3.05) is 6.54 Å². The van der Waals surface area contributed by atoms with E-state index in [4.69, 9.17) is 0 Å². The van der Waals surface area contributed by atoms with Crippen LogP contribution in [0.5, 0.6) is 0 Å². The molecule has 0 radical (unpaired) electrons. The number of nitrogens with zero attached hydrogens (tertiary/aromatic N) is 2. The van der Waals surface area contributed by atoms with Crippen molar-refractivity contribution < 1.29 is 32.3 Å². The summed E-state index contributed by atoms with van der Waals surface area (Å²) >= 11 is 0. The largest absolute Gasteiger partial charge is 0.471 e. The van der Waals surface area contributed by atoms with Crippen LogP contribution in [0, 0.1) is 45.8 Å². The zero-order valence-corrected chi connectivity index (χ0v) is 21.9. The normalized spacial score (nSPS) is 36.9. The highest BCUT2D eigenvalue weighted by molar-refractivity contribution is 5.95. The molecule has 2 saturated heterocycles. The minimum atomic E-state index is -5.13. The predicted octanol–water partition coefficient (Wildman–Crippen LogP) is 1.63. The molecule has 0 spiro atoms. The molecule has 0 aromatic rings. The van der Waals surface area contributed by atoms with E-state index in [0.717, 1.165) is 0 Å². The number of hydrogen-bond donors (Lipinski definition) is 3. The minimum Gasteiger partial charge on any atom is -0.351 e. The molecular weight excluding hydrogens is 503 g/mol. The maximum atomic E-state index is 13.8. The van der Waals surface area contributed by atoms with Crippen molar-refractivity contribution in [3.05, 3.63) is 0 Å². The van der Waals surface area contributed by atoms with Gasteiger partial charge >= 0.3 is 12.1 Å². The first kappa shape index (κ1) is 26.8. The van der Waals surface area contributed by atoms with Crippen molar-refractivity contribution in [3.8, 4) is 6.07 Å². The minimum absolute atomic E-state index is 0.0175. The highest BCUT2D eigenvalue weighted by Crippen LogP contribution is 2.68. The second kappa shape index (κ2) is 8.33. The van der Waals surface area contributed by atoms with Crippen LogP contribution in [-0.2, 0) is 19.2 Å². The molecule has 3 N–H and O–H groups in total. The molecule has 2 heterocycles. The molecule has 0 aromatic heterocycles. The van der Waals surface area contributed by atoms with Crippen molar-refractivity contribution in [3.63, 3.8) is 0 Å². The highest BCUT2D eigenvalue weighted by Gasteiger charge is 2.71. The summed E-state index contributed by atoms with van der Waals surface area (Å²) in [4.78, 5) is 52.8. The van der Waals surface area contributed by atoms with E-state index in [1.807, 2.05) is 39.1 Å². The van der Waals surface area contributed by atoms with Gasteiger partial charge in [0.2, 0.25) is 17.7 Å². The lowest BCUT2D eigenvalue weighted by atomic mass is 9.41. The van der Waals surface area contributed by atoms with Crippen LogP contribution in [-0.4, -0.2) is 64.9 Å². The summed E-state index contributed by atoms with van der Waals surface area (Å²) in [5.41, 5.74) is -1.37. The zero-order valence-electron chi connectivity index (χ0n) is 21.9. The standard InChI is InChI=1S/C26H34F3N5O4/c1-23(2)9-13(19(35)33-23)5-14(10-30)31-20(36)17-16-15(24(16,3)4)11-34(17)21(37)18(25-6-12(7-25)8-25)32-22(38)26(27,28)29/h12-18H,5-9,11H2,1-4H3,(H,31,36)(H,32,38)(H,33,35)/t12?,13-,14+,15+,16+,17+,18-,25?/m1/s1. The van der Waals surface area contributed by atoms with Gasteiger partial charge in [-0.25, -0.2) is 0 Å². The maximum Gasteiger partial charge on any atom is 0.471 e. The Bertz CT molecular complexity index is 1110. The van der Waals surface area contributed by atoms with Gasteiger partial charge in [0.15, 0.2) is 0 Å². The van der Waals surface area contributed by atoms with Crippen molar-refractivity contribution in [2.24, 2.45) is 34.5 Å². The SMILES string of the molecule is CC1(C)C[C@@H](C[C@@H](C#N)NC(=O)[C@@H]2[C@@H]3[C@H](CN2C(=O)[C@@H](NC(=O)C(F)(F)F)C24CC(C2)C4)C3(C)C)C(=O)N1. The number of rotatable bonds is 7. The van der Waals surface area contributed by atoms with Gasteiger partial charge in [-0.15, -0.1) is 0 Å². The molecule has 4 saturated carbocycles. The lowest BCUT2D eigenvalue weighted by Crippen LogP contribution is -2.70. The zero-order chi connectivity index (χ0) is 28.0. The molecule has 208 valence electrons. The van der Waals surface area contributed by atoms with Gasteiger partial charge in [0, 0.05) is 23.4 Å². The Balaban J connectivity index is 1.33. The molecule has 0 unspecified atom stereocenters. The van der Waals surface area contributed by atoms with E-state index < -0.39 is 58.9 Å². The van der Waals surface area contributed by atoms with Gasteiger partial charge in [-0.05, 0) is 69.1 Å². The Morgan fingerprint density at radius 3 is 2.24 bits per heavy atom. The number of nitriles is 1. The first-order chi connectivity index (χ1) is 17.5. The number of nitrogens with one attached hydrogen (secondary N) is 3. The molecule has 0 aromatic carbocycles. The fourth-order valence-corrected chi connectivity index (χ4v) is 7.64. The smallest absolute Gasteiger partial charge is 0.351 e. The summed E-state index contributed by atoms with van der Waals surface area (Å²) in [6.07, 6.45) is -2.79. The second-order valence-corrected chi connectivity index (χ2v) is 13.3. The summed E-state index contributed by atoms with van der Waals surface area (Å²) in [5, 5.41) is 17.3. The highest BCUT2D eigenvalue weighted by atomic mass is 19.4. The fourth-order valence-electron chi connectivity index (χ4n) is 7.64. The maximum absolute atomic E-state index is 13.8. The summed E-state index contributed by atoms with van der Waals surface area (Å²) in [6, 6.07) is -1.25. The van der Waals surface area contributed by atoms with Crippen LogP contribution < -0.4 is 16.0 Å². The van der Waals surface area contributed by atoms with Gasteiger partial charge in [-0.2, -0.15) is 18.4 Å². The number of amides is 4. The summed E-state index contributed by atoms with van der Waals surface area (Å²) in [7, 11) is 0. The van der Waals surface area contributed by atoms with Crippen LogP contribution in [0.3, 0.4) is 0 Å². The van der Waals surface area contributed by atoms with Crippen molar-refractivity contribution in [1.29, 1.82) is 5.26 Å². The molecule has 6 rings (SSSR count). The third kappa shape index (κ3) is 4.22. The second-order valence-electron chi connectivity index (χ2n) is 13.3. The van der Waals surface area contributed by atoms with Gasteiger partial charge in [0.25, 0.3) is 0 Å². The topological polar surface area (TPSA) is 131 Å². The number of carbonyl (C=O) groups excluding carboxylic acids is 4. The summed E-state index contributed by atoms with van der Waals surface area (Å²) in [5.74, 6) is -3.91. The molecule has 4 aliphatic carbocycles. The van der Waals surface area contributed by atoms with Crippen molar-refractivity contribution >= 4 is 23.6 Å². The first-order valence-electron chi connectivity index (χ1n) is 13.2. The number of hydrogen-bond acceptors (Lipinski definition) is 5. The summed E-state index contributed by atoms with van der Waals surface area (Å²) < 4.78 is 39.3. The number of alkyl halides is 3. The van der Waals surface area contributed by atoms with Crippen LogP contribution in [0.2, 0.25) is 0 Å². The molecule has 4 amide bonds. The van der Waals surface area contributed by atoms with Gasteiger partial charge in [-0.1, -0.05) is 13.8 Å².